The number of rotatable bonds is 10. The van der Waals surface area contributed by atoms with Gasteiger partial charge in [-0.05, 0) is 66.9 Å². The number of hydrogen-bond acceptors (Lipinski definition) is 5. The zero-order valence-electron chi connectivity index (χ0n) is 19.2. The molecule has 0 aromatic heterocycles. The standard InChI is InChI=1S/C26H27N3O5S/c1-34-22-13-11-21(12-14-22)29-35(32,33)23-15-7-19(8-16-23)25(30)28-24(26(31)27-20-9-10-20)17-18-5-3-2-4-6-18/h2-8,11-16,20,24,29H,9-10,17H2,1H3,(H,27,31)(H,28,30). The second-order valence-electron chi connectivity index (χ2n) is 8.36. The molecule has 1 saturated carbocycles. The van der Waals surface area contributed by atoms with Crippen LogP contribution < -0.4 is 20.1 Å². The molecule has 3 N–H and O–H groups in total. The molecule has 1 aliphatic rings. The van der Waals surface area contributed by atoms with Crippen molar-refractivity contribution in [2.45, 2.75) is 36.2 Å². The first-order valence-corrected chi connectivity index (χ1v) is 12.7. The molecule has 9 heteroatoms. The lowest BCUT2D eigenvalue weighted by Crippen LogP contribution is -2.48. The van der Waals surface area contributed by atoms with E-state index in [1.54, 1.807) is 24.3 Å². The van der Waals surface area contributed by atoms with Gasteiger partial charge in [0.15, 0.2) is 0 Å². The van der Waals surface area contributed by atoms with E-state index in [0.717, 1.165) is 18.4 Å². The van der Waals surface area contributed by atoms with E-state index < -0.39 is 22.0 Å². The Kier molecular flexibility index (Phi) is 7.36. The van der Waals surface area contributed by atoms with Crippen LogP contribution in [0.15, 0.2) is 83.8 Å². The summed E-state index contributed by atoms with van der Waals surface area (Å²) in [5.74, 6) is -0.0729. The molecule has 1 fully saturated rings. The van der Waals surface area contributed by atoms with Crippen LogP contribution in [-0.2, 0) is 21.2 Å². The number of amides is 2. The monoisotopic (exact) mass is 493 g/mol. The minimum atomic E-state index is -3.85. The Balaban J connectivity index is 1.44. The molecule has 1 unspecified atom stereocenters. The average molecular weight is 494 g/mol. The molecule has 0 spiro atoms. The molecule has 35 heavy (non-hydrogen) atoms. The van der Waals surface area contributed by atoms with E-state index >= 15 is 0 Å². The summed E-state index contributed by atoms with van der Waals surface area (Å²) in [6.45, 7) is 0. The minimum absolute atomic E-state index is 0.0113. The number of nitrogens with one attached hydrogen (secondary N) is 3. The Labute approximate surface area is 204 Å². The van der Waals surface area contributed by atoms with E-state index in [2.05, 4.69) is 15.4 Å². The lowest BCUT2D eigenvalue weighted by molar-refractivity contribution is -0.123. The van der Waals surface area contributed by atoms with Crippen LogP contribution >= 0.6 is 0 Å². The molecule has 0 saturated heterocycles. The topological polar surface area (TPSA) is 114 Å². The first kappa shape index (κ1) is 24.3. The van der Waals surface area contributed by atoms with Crippen LogP contribution in [0.4, 0.5) is 5.69 Å². The van der Waals surface area contributed by atoms with Crippen molar-refractivity contribution < 1.29 is 22.7 Å². The molecular weight excluding hydrogens is 466 g/mol. The number of benzene rings is 3. The summed E-state index contributed by atoms with van der Waals surface area (Å²) in [5.41, 5.74) is 1.57. The molecule has 1 atom stereocenters. The van der Waals surface area contributed by atoms with Gasteiger partial charge < -0.3 is 15.4 Å². The second-order valence-corrected chi connectivity index (χ2v) is 10.0. The quantitative estimate of drug-likeness (QED) is 0.402. The summed E-state index contributed by atoms with van der Waals surface area (Å²) < 4.78 is 33.0. The summed E-state index contributed by atoms with van der Waals surface area (Å²) in [6, 6.07) is 20.9. The van der Waals surface area contributed by atoms with Gasteiger partial charge in [-0.15, -0.1) is 0 Å². The lowest BCUT2D eigenvalue weighted by Gasteiger charge is -2.19. The van der Waals surface area contributed by atoms with Crippen molar-refractivity contribution >= 4 is 27.5 Å². The molecule has 182 valence electrons. The molecule has 0 bridgehead atoms. The van der Waals surface area contributed by atoms with Crippen LogP contribution in [0.3, 0.4) is 0 Å². The Bertz CT molecular complexity index is 1270. The fourth-order valence-electron chi connectivity index (χ4n) is 3.49. The van der Waals surface area contributed by atoms with Crippen LogP contribution in [0.5, 0.6) is 5.75 Å². The maximum atomic E-state index is 12.9. The second kappa shape index (κ2) is 10.6. The summed E-state index contributed by atoms with van der Waals surface area (Å²) in [5, 5.41) is 5.74. The van der Waals surface area contributed by atoms with Gasteiger partial charge in [0.25, 0.3) is 15.9 Å². The molecule has 0 radical (unpaired) electrons. The SMILES string of the molecule is COc1ccc(NS(=O)(=O)c2ccc(C(=O)NC(Cc3ccccc3)C(=O)NC3CC3)cc2)cc1. The largest absolute Gasteiger partial charge is 0.497 e. The van der Waals surface area contributed by atoms with Gasteiger partial charge in [-0.25, -0.2) is 8.42 Å². The summed E-state index contributed by atoms with van der Waals surface area (Å²) in [4.78, 5) is 25.6. The normalized spacial score (nSPS) is 14.0. The maximum absolute atomic E-state index is 12.9. The zero-order chi connectivity index (χ0) is 24.8. The number of sulfonamides is 1. The Morgan fingerprint density at radius 2 is 1.60 bits per heavy atom. The molecule has 0 heterocycles. The van der Waals surface area contributed by atoms with Crippen molar-refractivity contribution in [2.75, 3.05) is 11.8 Å². The number of anilines is 1. The van der Waals surface area contributed by atoms with Gasteiger partial charge in [0.05, 0.1) is 12.0 Å². The first-order chi connectivity index (χ1) is 16.8. The van der Waals surface area contributed by atoms with Crippen molar-refractivity contribution in [3.05, 3.63) is 90.0 Å². The summed E-state index contributed by atoms with van der Waals surface area (Å²) >= 11 is 0. The predicted octanol–water partition coefficient (Wildman–Crippen LogP) is 3.12. The highest BCUT2D eigenvalue weighted by molar-refractivity contribution is 7.92. The maximum Gasteiger partial charge on any atom is 0.261 e. The number of methoxy groups -OCH3 is 1. The highest BCUT2D eigenvalue weighted by Gasteiger charge is 2.29. The number of ether oxygens (including phenoxy) is 1. The Morgan fingerprint density at radius 1 is 0.943 bits per heavy atom. The van der Waals surface area contributed by atoms with Crippen molar-refractivity contribution in [3.63, 3.8) is 0 Å². The molecular formula is C26H27N3O5S. The van der Waals surface area contributed by atoms with Gasteiger partial charge in [0.1, 0.15) is 11.8 Å². The zero-order valence-corrected chi connectivity index (χ0v) is 20.0. The van der Waals surface area contributed by atoms with Gasteiger partial charge in [-0.1, -0.05) is 30.3 Å². The van der Waals surface area contributed by atoms with E-state index in [4.69, 9.17) is 4.74 Å². The number of carbonyl (C=O) groups is 2. The van der Waals surface area contributed by atoms with E-state index in [1.165, 1.54) is 31.4 Å². The molecule has 0 aliphatic heterocycles. The third-order valence-electron chi connectivity index (χ3n) is 5.60. The smallest absolute Gasteiger partial charge is 0.261 e. The summed E-state index contributed by atoms with van der Waals surface area (Å²) in [7, 11) is -2.32. The molecule has 8 nitrogen and oxygen atoms in total. The van der Waals surface area contributed by atoms with E-state index in [9.17, 15) is 18.0 Å². The van der Waals surface area contributed by atoms with Crippen molar-refractivity contribution in [3.8, 4) is 5.75 Å². The minimum Gasteiger partial charge on any atom is -0.497 e. The molecule has 2 amide bonds. The van der Waals surface area contributed by atoms with Gasteiger partial charge in [0, 0.05) is 23.7 Å². The number of carbonyl (C=O) groups excluding carboxylic acids is 2. The highest BCUT2D eigenvalue weighted by Crippen LogP contribution is 2.21. The van der Waals surface area contributed by atoms with Crippen LogP contribution in [0, 0.1) is 0 Å². The van der Waals surface area contributed by atoms with E-state index in [0.29, 0.717) is 17.9 Å². The van der Waals surface area contributed by atoms with Gasteiger partial charge >= 0.3 is 0 Å². The van der Waals surface area contributed by atoms with Gasteiger partial charge in [-0.2, -0.15) is 0 Å². The van der Waals surface area contributed by atoms with Crippen LogP contribution in [0.1, 0.15) is 28.8 Å². The lowest BCUT2D eigenvalue weighted by atomic mass is 10.0. The Hall–Kier alpha value is -3.85. The highest BCUT2D eigenvalue weighted by atomic mass is 32.2. The predicted molar refractivity (Wildman–Crippen MR) is 133 cm³/mol. The molecule has 3 aromatic rings. The van der Waals surface area contributed by atoms with Gasteiger partial charge in [0.2, 0.25) is 5.91 Å². The molecule has 3 aromatic carbocycles. The third kappa shape index (κ3) is 6.60. The van der Waals surface area contributed by atoms with E-state index in [1.807, 2.05) is 30.3 Å². The van der Waals surface area contributed by atoms with Crippen LogP contribution in [0.2, 0.25) is 0 Å². The average Bonchev–Trinajstić information content (AvgIpc) is 3.68. The fourth-order valence-corrected chi connectivity index (χ4v) is 4.55. The van der Waals surface area contributed by atoms with Crippen molar-refractivity contribution in [1.82, 2.24) is 10.6 Å². The molecule has 4 rings (SSSR count). The number of hydrogen-bond donors (Lipinski definition) is 3. The van der Waals surface area contributed by atoms with Gasteiger partial charge in [-0.3, -0.25) is 14.3 Å². The fraction of sp³-hybridized carbons (Fsp3) is 0.231. The van der Waals surface area contributed by atoms with E-state index in [-0.39, 0.29) is 22.4 Å². The Morgan fingerprint density at radius 3 is 2.20 bits per heavy atom. The van der Waals surface area contributed by atoms with Crippen LogP contribution in [-0.4, -0.2) is 39.4 Å². The first-order valence-electron chi connectivity index (χ1n) is 11.3. The van der Waals surface area contributed by atoms with Crippen molar-refractivity contribution in [1.29, 1.82) is 0 Å². The third-order valence-corrected chi connectivity index (χ3v) is 6.99. The molecule has 1 aliphatic carbocycles. The summed E-state index contributed by atoms with van der Waals surface area (Å²) in [6.07, 6.45) is 2.24. The van der Waals surface area contributed by atoms with Crippen LogP contribution in [0.25, 0.3) is 0 Å². The van der Waals surface area contributed by atoms with Crippen molar-refractivity contribution in [2.24, 2.45) is 0 Å².